The Morgan fingerprint density at radius 3 is 2.40 bits per heavy atom. The number of Topliss-reactive ketones (excluding diaryl/α,β-unsaturated/α-hetero) is 1. The van der Waals surface area contributed by atoms with Gasteiger partial charge in [0.2, 0.25) is 0 Å². The van der Waals surface area contributed by atoms with Crippen molar-refractivity contribution >= 4 is 22.6 Å². The summed E-state index contributed by atoms with van der Waals surface area (Å²) in [6.07, 6.45) is 4.04. The molecule has 1 unspecified atom stereocenters. The summed E-state index contributed by atoms with van der Waals surface area (Å²) in [5.41, 5.74) is 0.643. The summed E-state index contributed by atoms with van der Waals surface area (Å²) < 4.78 is 5.11. The lowest BCUT2D eigenvalue weighted by Crippen LogP contribution is -2.25. The van der Waals surface area contributed by atoms with Crippen LogP contribution in [-0.4, -0.2) is 23.6 Å². The number of carbonyl (C=O) groups excluding carboxylic acids is 2. The Morgan fingerprint density at radius 2 is 1.80 bits per heavy atom. The van der Waals surface area contributed by atoms with Gasteiger partial charge in [-0.15, -0.1) is 0 Å². The molecule has 1 heterocycles. The first-order chi connectivity index (χ1) is 9.72. The van der Waals surface area contributed by atoms with Gasteiger partial charge in [0.15, 0.2) is 5.78 Å². The molecule has 4 heteroatoms. The molecule has 0 amide bonds. The SMILES string of the molecule is CCOC(=O)C(CC(=O)c1ccccc1)[SH]1C=CC=C1. The van der Waals surface area contributed by atoms with E-state index in [0.29, 0.717) is 12.2 Å². The van der Waals surface area contributed by atoms with Gasteiger partial charge in [0.05, 0.1) is 11.9 Å². The first-order valence-corrected chi connectivity index (χ1v) is 8.14. The molecule has 2 rings (SSSR count). The Labute approximate surface area is 121 Å². The highest BCUT2D eigenvalue weighted by molar-refractivity contribution is 8.23. The molecule has 0 aromatic heterocycles. The van der Waals surface area contributed by atoms with Crippen molar-refractivity contribution in [3.63, 3.8) is 0 Å². The van der Waals surface area contributed by atoms with Crippen LogP contribution in [0.5, 0.6) is 0 Å². The van der Waals surface area contributed by atoms with Crippen LogP contribution in [0.25, 0.3) is 0 Å². The van der Waals surface area contributed by atoms with Gasteiger partial charge >= 0.3 is 5.97 Å². The molecule has 0 radical (unpaired) electrons. The molecule has 1 aromatic rings. The van der Waals surface area contributed by atoms with E-state index in [1.807, 2.05) is 41.2 Å². The number of thiol groups is 1. The lowest BCUT2D eigenvalue weighted by Gasteiger charge is -2.21. The van der Waals surface area contributed by atoms with E-state index in [4.69, 9.17) is 4.74 Å². The van der Waals surface area contributed by atoms with Crippen molar-refractivity contribution in [2.75, 3.05) is 6.61 Å². The molecule has 0 saturated carbocycles. The van der Waals surface area contributed by atoms with E-state index in [0.717, 1.165) is 0 Å². The van der Waals surface area contributed by atoms with Crippen LogP contribution in [0.15, 0.2) is 53.3 Å². The number of esters is 1. The molecular formula is C16H18O3S. The molecule has 20 heavy (non-hydrogen) atoms. The lowest BCUT2D eigenvalue weighted by atomic mass is 10.1. The van der Waals surface area contributed by atoms with E-state index < -0.39 is 10.9 Å². The zero-order valence-corrected chi connectivity index (χ0v) is 12.3. The summed E-state index contributed by atoms with van der Waals surface area (Å²) in [5, 5.41) is 3.61. The molecule has 0 aliphatic carbocycles. The van der Waals surface area contributed by atoms with Crippen molar-refractivity contribution in [1.29, 1.82) is 0 Å². The van der Waals surface area contributed by atoms with E-state index in [1.165, 1.54) is 0 Å². The van der Waals surface area contributed by atoms with Gasteiger partial charge < -0.3 is 4.74 Å². The zero-order chi connectivity index (χ0) is 14.4. The van der Waals surface area contributed by atoms with Gasteiger partial charge in [-0.05, 0) is 17.7 Å². The van der Waals surface area contributed by atoms with E-state index in [1.54, 1.807) is 19.1 Å². The van der Waals surface area contributed by atoms with E-state index in [9.17, 15) is 9.59 Å². The standard InChI is InChI=1S/C16H18O3S/c1-2-19-16(18)15(20-10-6-7-11-20)12-14(17)13-8-4-3-5-9-13/h3-11,15,20H,2,12H2,1H3. The Kier molecular flexibility index (Phi) is 5.18. The van der Waals surface area contributed by atoms with E-state index in [-0.39, 0.29) is 23.4 Å². The summed E-state index contributed by atoms with van der Waals surface area (Å²) in [4.78, 5) is 24.3. The van der Waals surface area contributed by atoms with Gasteiger partial charge in [-0.2, -0.15) is 10.9 Å². The average Bonchev–Trinajstić information content (AvgIpc) is 2.99. The normalized spacial score (nSPS) is 16.1. The molecule has 0 N–H and O–H groups in total. The fraction of sp³-hybridized carbons (Fsp3) is 0.250. The van der Waals surface area contributed by atoms with Gasteiger partial charge in [0.25, 0.3) is 0 Å². The van der Waals surface area contributed by atoms with Gasteiger partial charge in [-0.3, -0.25) is 9.59 Å². The molecule has 0 fully saturated rings. The quantitative estimate of drug-likeness (QED) is 0.497. The predicted molar refractivity (Wildman–Crippen MR) is 83.1 cm³/mol. The summed E-state index contributed by atoms with van der Waals surface area (Å²) >= 11 is 0. The van der Waals surface area contributed by atoms with Crippen LogP contribution in [0.2, 0.25) is 0 Å². The molecule has 1 aromatic carbocycles. The van der Waals surface area contributed by atoms with Crippen LogP contribution >= 0.6 is 10.9 Å². The summed E-state index contributed by atoms with van der Waals surface area (Å²) in [6.45, 7) is 2.12. The molecule has 1 atom stereocenters. The van der Waals surface area contributed by atoms with Crippen LogP contribution in [0.1, 0.15) is 23.7 Å². The lowest BCUT2D eigenvalue weighted by molar-refractivity contribution is -0.142. The maximum atomic E-state index is 12.3. The minimum atomic E-state index is -0.739. The van der Waals surface area contributed by atoms with Crippen molar-refractivity contribution in [3.05, 3.63) is 58.9 Å². The van der Waals surface area contributed by atoms with Crippen molar-refractivity contribution in [2.45, 2.75) is 18.6 Å². The minimum Gasteiger partial charge on any atom is -0.465 e. The molecular weight excluding hydrogens is 272 g/mol. The Hall–Kier alpha value is -1.81. The van der Waals surface area contributed by atoms with Crippen LogP contribution in [0, 0.1) is 0 Å². The van der Waals surface area contributed by atoms with Crippen LogP contribution in [0.3, 0.4) is 0 Å². The van der Waals surface area contributed by atoms with Gasteiger partial charge in [0.1, 0.15) is 0 Å². The summed E-state index contributed by atoms with van der Waals surface area (Å²) in [7, 11) is -0.739. The van der Waals surface area contributed by atoms with E-state index >= 15 is 0 Å². The number of allylic oxidation sites excluding steroid dienone is 2. The van der Waals surface area contributed by atoms with Crippen molar-refractivity contribution in [3.8, 4) is 0 Å². The molecule has 0 bridgehead atoms. The topological polar surface area (TPSA) is 43.4 Å². The van der Waals surface area contributed by atoms with Crippen molar-refractivity contribution < 1.29 is 14.3 Å². The van der Waals surface area contributed by atoms with Crippen LogP contribution < -0.4 is 0 Å². The Morgan fingerprint density at radius 1 is 1.15 bits per heavy atom. The number of hydrogen-bond acceptors (Lipinski definition) is 3. The number of hydrogen-bond donors (Lipinski definition) is 1. The molecule has 3 nitrogen and oxygen atoms in total. The number of carbonyl (C=O) groups is 2. The second-order valence-corrected chi connectivity index (χ2v) is 6.51. The molecule has 106 valence electrons. The van der Waals surface area contributed by atoms with Crippen molar-refractivity contribution in [2.24, 2.45) is 0 Å². The largest absolute Gasteiger partial charge is 0.465 e. The average molecular weight is 290 g/mol. The maximum Gasteiger partial charge on any atom is 0.318 e. The van der Waals surface area contributed by atoms with Gasteiger partial charge in [-0.25, -0.2) is 0 Å². The third kappa shape index (κ3) is 3.61. The number of rotatable bonds is 6. The molecule has 0 saturated heterocycles. The maximum absolute atomic E-state index is 12.3. The number of ketones is 1. The molecule has 1 aliphatic rings. The predicted octanol–water partition coefficient (Wildman–Crippen LogP) is 3.23. The second-order valence-electron chi connectivity index (χ2n) is 4.39. The van der Waals surface area contributed by atoms with Crippen LogP contribution in [0.4, 0.5) is 0 Å². The third-order valence-corrected chi connectivity index (χ3v) is 5.17. The fourth-order valence-electron chi connectivity index (χ4n) is 2.02. The number of ether oxygens (including phenoxy) is 1. The minimum absolute atomic E-state index is 0.0140. The first kappa shape index (κ1) is 14.6. The van der Waals surface area contributed by atoms with Gasteiger partial charge in [-0.1, -0.05) is 42.5 Å². The van der Waals surface area contributed by atoms with Crippen LogP contribution in [-0.2, 0) is 9.53 Å². The van der Waals surface area contributed by atoms with Gasteiger partial charge in [0, 0.05) is 12.0 Å². The zero-order valence-electron chi connectivity index (χ0n) is 11.4. The third-order valence-electron chi connectivity index (χ3n) is 3.02. The molecule has 0 spiro atoms. The highest BCUT2D eigenvalue weighted by atomic mass is 32.2. The van der Waals surface area contributed by atoms with E-state index in [2.05, 4.69) is 0 Å². The Balaban J connectivity index is 2.11. The summed E-state index contributed by atoms with van der Waals surface area (Å²) in [6, 6.07) is 9.07. The Bertz CT molecular complexity index is 522. The fourth-order valence-corrected chi connectivity index (χ4v) is 3.83. The highest BCUT2D eigenvalue weighted by Gasteiger charge is 2.28. The first-order valence-electron chi connectivity index (χ1n) is 6.59. The smallest absolute Gasteiger partial charge is 0.318 e. The summed E-state index contributed by atoms with van der Waals surface area (Å²) in [5.74, 6) is -0.293. The van der Waals surface area contributed by atoms with Crippen molar-refractivity contribution in [1.82, 2.24) is 0 Å². The molecule has 1 aliphatic heterocycles. The number of benzene rings is 1. The monoisotopic (exact) mass is 290 g/mol. The second kappa shape index (κ2) is 7.10. The highest BCUT2D eigenvalue weighted by Crippen LogP contribution is 2.40.